The number of allylic oxidation sites excluding steroid dienone is 5. The van der Waals surface area contributed by atoms with Crippen molar-refractivity contribution in [2.75, 3.05) is 13.2 Å². The number of carbonyl (C=O) groups is 1. The number of hydrogen-bond acceptors (Lipinski definition) is 4. The van der Waals surface area contributed by atoms with Crippen LogP contribution in [0.2, 0.25) is 0 Å². The molecule has 5 nitrogen and oxygen atoms in total. The molecule has 0 aromatic heterocycles. The van der Waals surface area contributed by atoms with Gasteiger partial charge in [0.2, 0.25) is 5.91 Å². The van der Waals surface area contributed by atoms with E-state index in [1.807, 2.05) is 43.1 Å². The molecule has 1 amide bonds. The molecule has 0 bridgehead atoms. The Labute approximate surface area is 210 Å². The first-order valence-electron chi connectivity index (χ1n) is 12.8. The summed E-state index contributed by atoms with van der Waals surface area (Å²) in [5.41, 5.74) is -1.80. The SMILES string of the molecule is C=C(C)C(F)(C=CC)C(C)OC1=CC=C(N2CCC3(CCC(O)(COC(C)C)CC3)C2=O)C=CC1. The maximum atomic E-state index is 15.4. The molecular weight excluding hydrogens is 445 g/mol. The second-order valence-corrected chi connectivity index (χ2v) is 10.7. The number of hydrogen-bond donors (Lipinski definition) is 1. The lowest BCUT2D eigenvalue weighted by Gasteiger charge is -2.41. The van der Waals surface area contributed by atoms with Crippen molar-refractivity contribution in [2.24, 2.45) is 5.41 Å². The number of alkyl halides is 1. The number of ether oxygens (including phenoxy) is 2. The molecule has 35 heavy (non-hydrogen) atoms. The minimum Gasteiger partial charge on any atom is -0.491 e. The third kappa shape index (κ3) is 5.97. The number of likely N-dealkylation sites (tertiary alicyclic amines) is 1. The van der Waals surface area contributed by atoms with E-state index in [9.17, 15) is 9.90 Å². The predicted molar refractivity (Wildman–Crippen MR) is 137 cm³/mol. The first kappa shape index (κ1) is 27.4. The van der Waals surface area contributed by atoms with Gasteiger partial charge in [-0.1, -0.05) is 18.7 Å². The Morgan fingerprint density at radius 2 is 1.94 bits per heavy atom. The normalized spacial score (nSPS) is 29.8. The zero-order valence-electron chi connectivity index (χ0n) is 22.0. The molecule has 1 saturated heterocycles. The fourth-order valence-electron chi connectivity index (χ4n) is 5.24. The Hall–Kier alpha value is -2.18. The highest BCUT2D eigenvalue weighted by atomic mass is 19.1. The van der Waals surface area contributed by atoms with Crippen molar-refractivity contribution in [3.05, 3.63) is 60.1 Å². The van der Waals surface area contributed by atoms with E-state index in [1.165, 1.54) is 6.08 Å². The number of amides is 1. The van der Waals surface area contributed by atoms with Gasteiger partial charge in [0.1, 0.15) is 11.9 Å². The molecule has 6 heteroatoms. The third-order valence-electron chi connectivity index (χ3n) is 7.68. The minimum atomic E-state index is -1.75. The molecule has 1 heterocycles. The molecule has 2 aliphatic carbocycles. The first-order valence-corrected chi connectivity index (χ1v) is 12.8. The van der Waals surface area contributed by atoms with Gasteiger partial charge < -0.3 is 19.5 Å². The molecular formula is C29H42FNO4. The molecule has 2 unspecified atom stereocenters. The Balaban J connectivity index is 1.67. The van der Waals surface area contributed by atoms with Crippen molar-refractivity contribution in [1.29, 1.82) is 0 Å². The summed E-state index contributed by atoms with van der Waals surface area (Å²) in [5, 5.41) is 10.9. The van der Waals surface area contributed by atoms with E-state index < -0.39 is 22.8 Å². The van der Waals surface area contributed by atoms with Crippen molar-refractivity contribution in [3.8, 4) is 0 Å². The van der Waals surface area contributed by atoms with Crippen LogP contribution in [0.15, 0.2) is 60.1 Å². The summed E-state index contributed by atoms with van der Waals surface area (Å²) in [6.07, 6.45) is 13.9. The van der Waals surface area contributed by atoms with Crippen LogP contribution >= 0.6 is 0 Å². The fourth-order valence-corrected chi connectivity index (χ4v) is 5.24. The second kappa shape index (κ2) is 10.8. The van der Waals surface area contributed by atoms with Crippen LogP contribution in [0.3, 0.4) is 0 Å². The largest absolute Gasteiger partial charge is 0.491 e. The van der Waals surface area contributed by atoms with Crippen LogP contribution in [0.5, 0.6) is 0 Å². The summed E-state index contributed by atoms with van der Waals surface area (Å²) in [5.74, 6) is 0.773. The van der Waals surface area contributed by atoms with Crippen LogP contribution in [0.1, 0.15) is 73.1 Å². The zero-order chi connectivity index (χ0) is 25.9. The average molecular weight is 488 g/mol. The van der Waals surface area contributed by atoms with Gasteiger partial charge in [0.25, 0.3) is 0 Å². The van der Waals surface area contributed by atoms with Gasteiger partial charge >= 0.3 is 0 Å². The lowest BCUT2D eigenvalue weighted by atomic mass is 9.68. The highest BCUT2D eigenvalue weighted by Crippen LogP contribution is 2.48. The standard InChI is InChI=1S/C29H42FNO4/c1-7-13-29(30,21(2)3)23(6)35-25-10-8-9-24(11-12-25)31-19-18-27(26(31)32)14-16-28(33,17-15-27)20-34-22(4)5/h7-9,11-13,22-23,33H,2,10,14-20H2,1,3-6H3. The van der Waals surface area contributed by atoms with E-state index in [4.69, 9.17) is 9.47 Å². The average Bonchev–Trinajstić information content (AvgIpc) is 2.96. The highest BCUT2D eigenvalue weighted by molar-refractivity contribution is 5.87. The number of aliphatic hydroxyl groups is 1. The third-order valence-corrected chi connectivity index (χ3v) is 7.68. The van der Waals surface area contributed by atoms with E-state index in [0.29, 0.717) is 56.6 Å². The molecule has 194 valence electrons. The van der Waals surface area contributed by atoms with Crippen LogP contribution in [-0.4, -0.2) is 52.5 Å². The Morgan fingerprint density at radius 1 is 1.26 bits per heavy atom. The Morgan fingerprint density at radius 3 is 2.54 bits per heavy atom. The molecule has 0 aromatic carbocycles. The van der Waals surface area contributed by atoms with Crippen molar-refractivity contribution in [3.63, 3.8) is 0 Å². The Kier molecular flexibility index (Phi) is 8.48. The molecule has 3 aliphatic rings. The maximum Gasteiger partial charge on any atom is 0.233 e. The van der Waals surface area contributed by atoms with Gasteiger partial charge in [-0.3, -0.25) is 4.79 Å². The summed E-state index contributed by atoms with van der Waals surface area (Å²) in [7, 11) is 0. The van der Waals surface area contributed by atoms with Crippen LogP contribution in [-0.2, 0) is 14.3 Å². The van der Waals surface area contributed by atoms with Gasteiger partial charge in [0.15, 0.2) is 5.67 Å². The summed E-state index contributed by atoms with van der Waals surface area (Å²) in [6, 6.07) is 0. The van der Waals surface area contributed by atoms with Crippen molar-refractivity contribution < 1.29 is 23.8 Å². The number of carbonyl (C=O) groups excluding carboxylic acids is 1. The van der Waals surface area contributed by atoms with E-state index in [1.54, 1.807) is 26.8 Å². The second-order valence-electron chi connectivity index (χ2n) is 10.7. The molecule has 1 saturated carbocycles. The van der Waals surface area contributed by atoms with E-state index >= 15 is 4.39 Å². The number of halogens is 1. The highest BCUT2D eigenvalue weighted by Gasteiger charge is 2.51. The summed E-state index contributed by atoms with van der Waals surface area (Å²) < 4.78 is 27.1. The number of rotatable bonds is 9. The van der Waals surface area contributed by atoms with Crippen molar-refractivity contribution in [1.82, 2.24) is 4.90 Å². The lowest BCUT2D eigenvalue weighted by molar-refractivity contribution is -0.142. The van der Waals surface area contributed by atoms with E-state index in [2.05, 4.69) is 6.58 Å². The van der Waals surface area contributed by atoms with Gasteiger partial charge in [-0.2, -0.15) is 0 Å². The molecule has 2 atom stereocenters. The molecule has 1 aliphatic heterocycles. The molecule has 1 N–H and O–H groups in total. The molecule has 3 rings (SSSR count). The van der Waals surface area contributed by atoms with Crippen LogP contribution in [0, 0.1) is 5.41 Å². The van der Waals surface area contributed by atoms with Crippen molar-refractivity contribution >= 4 is 5.91 Å². The predicted octanol–water partition coefficient (Wildman–Crippen LogP) is 5.93. The smallest absolute Gasteiger partial charge is 0.233 e. The first-order chi connectivity index (χ1) is 16.4. The van der Waals surface area contributed by atoms with Crippen LogP contribution < -0.4 is 0 Å². The van der Waals surface area contributed by atoms with E-state index in [-0.39, 0.29) is 12.0 Å². The summed E-state index contributed by atoms with van der Waals surface area (Å²) in [6.45, 7) is 13.8. The maximum absolute atomic E-state index is 15.4. The summed E-state index contributed by atoms with van der Waals surface area (Å²) >= 11 is 0. The Bertz CT molecular complexity index is 923. The topological polar surface area (TPSA) is 59.0 Å². The van der Waals surface area contributed by atoms with Gasteiger partial charge in [0, 0.05) is 18.7 Å². The van der Waals surface area contributed by atoms with Gasteiger partial charge in [-0.25, -0.2) is 4.39 Å². The fraction of sp³-hybridized carbons (Fsp3) is 0.621. The van der Waals surface area contributed by atoms with Gasteiger partial charge in [0.05, 0.1) is 23.7 Å². The lowest BCUT2D eigenvalue weighted by Crippen LogP contribution is -2.45. The molecule has 0 radical (unpaired) electrons. The molecule has 2 fully saturated rings. The molecule has 1 spiro atoms. The van der Waals surface area contributed by atoms with Gasteiger partial charge in [-0.15, -0.1) is 0 Å². The van der Waals surface area contributed by atoms with Crippen LogP contribution in [0.25, 0.3) is 0 Å². The quantitative estimate of drug-likeness (QED) is 0.410. The van der Waals surface area contributed by atoms with Crippen molar-refractivity contribution in [2.45, 2.75) is 96.6 Å². The zero-order valence-corrected chi connectivity index (χ0v) is 22.0. The minimum absolute atomic E-state index is 0.0719. The number of nitrogens with zero attached hydrogens (tertiary/aromatic N) is 1. The molecule has 0 aromatic rings. The van der Waals surface area contributed by atoms with E-state index in [0.717, 1.165) is 12.1 Å². The van der Waals surface area contributed by atoms with Gasteiger partial charge in [-0.05, 0) is 96.6 Å². The summed E-state index contributed by atoms with van der Waals surface area (Å²) in [4.78, 5) is 15.4. The van der Waals surface area contributed by atoms with Crippen LogP contribution in [0.4, 0.5) is 4.39 Å². The monoisotopic (exact) mass is 487 g/mol.